The van der Waals surface area contributed by atoms with Crippen LogP contribution in [0, 0.1) is 0 Å². The van der Waals surface area contributed by atoms with E-state index in [1.54, 1.807) is 0 Å². The molecule has 0 unspecified atom stereocenters. The first-order chi connectivity index (χ1) is 11.0. The largest absolute Gasteiger partial charge is 0.377 e. The number of nitrogens with zero attached hydrogens (tertiary/aromatic N) is 5. The van der Waals surface area contributed by atoms with E-state index in [4.69, 9.17) is 26.1 Å². The van der Waals surface area contributed by atoms with Crippen LogP contribution in [0.15, 0.2) is 0 Å². The Balaban J connectivity index is 1.95. The van der Waals surface area contributed by atoms with E-state index in [2.05, 4.69) is 40.5 Å². The van der Waals surface area contributed by atoms with Crippen LogP contribution in [0.5, 0.6) is 0 Å². The van der Waals surface area contributed by atoms with E-state index in [1.165, 1.54) is 0 Å². The number of anilines is 2. The number of hydrogen-bond donors (Lipinski definition) is 0. The molecule has 0 aromatic carbocycles. The van der Waals surface area contributed by atoms with Gasteiger partial charge in [0.05, 0.1) is 31.9 Å². The Bertz CT molecular complexity index is 496. The summed E-state index contributed by atoms with van der Waals surface area (Å²) >= 11 is 6.19. The third kappa shape index (κ3) is 3.36. The Morgan fingerprint density at radius 2 is 1.52 bits per heavy atom. The fourth-order valence-electron chi connectivity index (χ4n) is 3.31. The van der Waals surface area contributed by atoms with E-state index in [0.29, 0.717) is 31.2 Å². The highest BCUT2D eigenvalue weighted by Crippen LogP contribution is 2.27. The van der Waals surface area contributed by atoms with Crippen LogP contribution in [0.4, 0.5) is 11.9 Å². The number of aromatic nitrogens is 3. The molecule has 2 aliphatic heterocycles. The van der Waals surface area contributed by atoms with Gasteiger partial charge in [0.2, 0.25) is 17.2 Å². The molecule has 1 aromatic heterocycles. The van der Waals surface area contributed by atoms with Gasteiger partial charge in [-0.15, -0.1) is 0 Å². The average molecular weight is 342 g/mol. The molecular formula is C15H24ClN5O2. The first kappa shape index (κ1) is 16.7. The van der Waals surface area contributed by atoms with Crippen LogP contribution in [0.2, 0.25) is 5.28 Å². The van der Waals surface area contributed by atoms with Crippen molar-refractivity contribution < 1.29 is 9.47 Å². The van der Waals surface area contributed by atoms with Gasteiger partial charge in [0, 0.05) is 6.04 Å². The minimum atomic E-state index is -0.0791. The van der Waals surface area contributed by atoms with Crippen LogP contribution in [-0.4, -0.2) is 59.1 Å². The van der Waals surface area contributed by atoms with Gasteiger partial charge in [0.1, 0.15) is 6.23 Å². The first-order valence-electron chi connectivity index (χ1n) is 8.15. The van der Waals surface area contributed by atoms with Crippen LogP contribution in [0.25, 0.3) is 0 Å². The summed E-state index contributed by atoms with van der Waals surface area (Å²) in [5.41, 5.74) is 0. The van der Waals surface area contributed by atoms with Crippen molar-refractivity contribution in [3.63, 3.8) is 0 Å². The topological polar surface area (TPSA) is 63.6 Å². The normalized spacial score (nSPS) is 32.2. The number of ether oxygens (including phenoxy) is 2. The summed E-state index contributed by atoms with van der Waals surface area (Å²) in [6.07, 6.45) is 0.859. The highest BCUT2D eigenvalue weighted by molar-refractivity contribution is 6.28. The molecule has 7 nitrogen and oxygen atoms in total. The zero-order chi connectivity index (χ0) is 16.6. The molecule has 1 aromatic rings. The molecule has 0 amide bonds. The molecule has 4 atom stereocenters. The maximum absolute atomic E-state index is 6.19. The molecule has 0 radical (unpaired) electrons. The average Bonchev–Trinajstić information content (AvgIpc) is 2.46. The zero-order valence-electron chi connectivity index (χ0n) is 14.1. The van der Waals surface area contributed by atoms with Gasteiger partial charge in [0.25, 0.3) is 0 Å². The molecule has 3 heterocycles. The number of halogens is 1. The van der Waals surface area contributed by atoms with E-state index >= 15 is 0 Å². The lowest BCUT2D eigenvalue weighted by Gasteiger charge is -2.41. The minimum Gasteiger partial charge on any atom is -0.377 e. The van der Waals surface area contributed by atoms with Crippen molar-refractivity contribution in [2.24, 2.45) is 0 Å². The van der Waals surface area contributed by atoms with Crippen molar-refractivity contribution in [2.75, 3.05) is 29.6 Å². The van der Waals surface area contributed by atoms with Crippen LogP contribution in [-0.2, 0) is 9.47 Å². The summed E-state index contributed by atoms with van der Waals surface area (Å²) in [6.45, 7) is 10.4. The van der Waals surface area contributed by atoms with Gasteiger partial charge in [-0.05, 0) is 45.7 Å². The van der Waals surface area contributed by atoms with Gasteiger partial charge in [-0.25, -0.2) is 0 Å². The van der Waals surface area contributed by atoms with E-state index in [9.17, 15) is 0 Å². The monoisotopic (exact) mass is 341 g/mol. The molecule has 2 aliphatic rings. The number of morpholine rings is 1. The summed E-state index contributed by atoms with van der Waals surface area (Å²) in [6, 6.07) is 0.680. The molecular weight excluding hydrogens is 318 g/mol. The smallest absolute Gasteiger partial charge is 0.233 e. The lowest BCUT2D eigenvalue weighted by Crippen LogP contribution is -2.51. The Labute approximate surface area is 142 Å². The Morgan fingerprint density at radius 3 is 2.13 bits per heavy atom. The second-order valence-electron chi connectivity index (χ2n) is 6.36. The molecule has 2 fully saturated rings. The summed E-state index contributed by atoms with van der Waals surface area (Å²) in [5.74, 6) is 1.18. The highest BCUT2D eigenvalue weighted by atomic mass is 35.5. The standard InChI is InChI=1S/C15H24ClN5O2/c1-9-5-6-23-12(4)21(9)15-18-13(16)17-14(19-15)20-10(2)7-22-8-11(20)3/h9-12H,5-8H2,1-4H3/t9-,10-,11+,12-/m1/s1. The molecule has 3 rings (SSSR count). The van der Waals surface area contributed by atoms with Crippen molar-refractivity contribution >= 4 is 23.5 Å². The van der Waals surface area contributed by atoms with Crippen molar-refractivity contribution in [1.82, 2.24) is 15.0 Å². The molecule has 128 valence electrons. The summed E-state index contributed by atoms with van der Waals surface area (Å²) in [5, 5.41) is 0.209. The van der Waals surface area contributed by atoms with Crippen molar-refractivity contribution in [3.8, 4) is 0 Å². The molecule has 23 heavy (non-hydrogen) atoms. The highest BCUT2D eigenvalue weighted by Gasteiger charge is 2.32. The molecule has 0 N–H and O–H groups in total. The lowest BCUT2D eigenvalue weighted by molar-refractivity contribution is 0.0230. The van der Waals surface area contributed by atoms with Crippen LogP contribution in [0.1, 0.15) is 34.1 Å². The quantitative estimate of drug-likeness (QED) is 0.816. The van der Waals surface area contributed by atoms with Crippen molar-refractivity contribution in [2.45, 2.75) is 58.5 Å². The van der Waals surface area contributed by atoms with E-state index in [0.717, 1.165) is 13.0 Å². The van der Waals surface area contributed by atoms with Crippen molar-refractivity contribution in [3.05, 3.63) is 5.28 Å². The van der Waals surface area contributed by atoms with Crippen molar-refractivity contribution in [1.29, 1.82) is 0 Å². The fraction of sp³-hybridized carbons (Fsp3) is 0.800. The molecule has 0 spiro atoms. The molecule has 0 saturated carbocycles. The molecule has 8 heteroatoms. The van der Waals surface area contributed by atoms with E-state index in [-0.39, 0.29) is 23.6 Å². The summed E-state index contributed by atoms with van der Waals surface area (Å²) < 4.78 is 11.3. The number of rotatable bonds is 2. The van der Waals surface area contributed by atoms with Crippen LogP contribution < -0.4 is 9.80 Å². The Morgan fingerprint density at radius 1 is 0.913 bits per heavy atom. The third-order valence-corrected chi connectivity index (χ3v) is 4.64. The minimum absolute atomic E-state index is 0.0791. The Hall–Kier alpha value is -1.18. The summed E-state index contributed by atoms with van der Waals surface area (Å²) in [7, 11) is 0. The fourth-order valence-corrected chi connectivity index (χ4v) is 3.46. The van der Waals surface area contributed by atoms with Gasteiger partial charge in [-0.2, -0.15) is 15.0 Å². The maximum atomic E-state index is 6.19. The zero-order valence-corrected chi connectivity index (χ0v) is 14.8. The van der Waals surface area contributed by atoms with Gasteiger partial charge in [-0.3, -0.25) is 0 Å². The third-order valence-electron chi connectivity index (χ3n) is 4.48. The Kier molecular flexibility index (Phi) is 4.89. The van der Waals surface area contributed by atoms with Crippen LogP contribution >= 0.6 is 11.6 Å². The second kappa shape index (κ2) is 6.75. The molecule has 2 saturated heterocycles. The van der Waals surface area contributed by atoms with Gasteiger partial charge in [0.15, 0.2) is 0 Å². The predicted octanol–water partition coefficient (Wildman–Crippen LogP) is 2.10. The number of hydrogen-bond acceptors (Lipinski definition) is 7. The predicted molar refractivity (Wildman–Crippen MR) is 89.0 cm³/mol. The molecule has 0 bridgehead atoms. The summed E-state index contributed by atoms with van der Waals surface area (Å²) in [4.78, 5) is 17.6. The van der Waals surface area contributed by atoms with Gasteiger partial charge in [-0.1, -0.05) is 0 Å². The van der Waals surface area contributed by atoms with Crippen LogP contribution in [0.3, 0.4) is 0 Å². The van der Waals surface area contributed by atoms with Gasteiger partial charge < -0.3 is 19.3 Å². The van der Waals surface area contributed by atoms with E-state index in [1.807, 2.05) is 6.92 Å². The first-order valence-corrected chi connectivity index (χ1v) is 8.52. The SMILES string of the molecule is C[C@@H]1COC[C@H](C)N1c1nc(Cl)nc(N2[C@H](C)CCO[C@@H]2C)n1. The molecule has 0 aliphatic carbocycles. The van der Waals surface area contributed by atoms with Gasteiger partial charge >= 0.3 is 0 Å². The lowest BCUT2D eigenvalue weighted by atomic mass is 10.2. The maximum Gasteiger partial charge on any atom is 0.233 e. The second-order valence-corrected chi connectivity index (χ2v) is 6.70. The van der Waals surface area contributed by atoms with E-state index < -0.39 is 0 Å².